The smallest absolute Gasteiger partial charge is 0.336 e. The van der Waals surface area contributed by atoms with Crippen LogP contribution in [-0.2, 0) is 0 Å². The molecular weight excluding hydrogens is 320 g/mol. The van der Waals surface area contributed by atoms with Gasteiger partial charge in [-0.1, -0.05) is 29.3 Å². The second kappa shape index (κ2) is 6.93. The highest BCUT2D eigenvalue weighted by molar-refractivity contribution is 9.09. The van der Waals surface area contributed by atoms with Crippen LogP contribution < -0.4 is 10.4 Å². The van der Waals surface area contributed by atoms with Crippen LogP contribution in [0.5, 0.6) is 5.75 Å². The van der Waals surface area contributed by atoms with Gasteiger partial charge in [-0.25, -0.2) is 4.79 Å². The second-order valence-electron chi connectivity index (χ2n) is 5.03. The lowest BCUT2D eigenvalue weighted by Crippen LogP contribution is -2.13. The molecule has 2 aromatic rings. The molecule has 1 aromatic carbocycles. The Balaban J connectivity index is 2.17. The highest BCUT2D eigenvalue weighted by Gasteiger charge is 2.08. The molecule has 0 fully saturated rings. The molecule has 0 aliphatic carbocycles. The first-order valence-electron chi connectivity index (χ1n) is 6.87. The maximum atomic E-state index is 11.4. The van der Waals surface area contributed by atoms with Crippen molar-refractivity contribution in [1.82, 2.24) is 0 Å². The van der Waals surface area contributed by atoms with E-state index < -0.39 is 0 Å². The molecule has 0 aliphatic heterocycles. The minimum Gasteiger partial charge on any atom is -0.493 e. The molecule has 0 saturated carbocycles. The molecule has 0 saturated heterocycles. The fourth-order valence-corrected chi connectivity index (χ4v) is 2.73. The molecular formula is C16H19BrO3. The Morgan fingerprint density at radius 2 is 2.15 bits per heavy atom. The van der Waals surface area contributed by atoms with Crippen molar-refractivity contribution in [3.63, 3.8) is 0 Å². The van der Waals surface area contributed by atoms with Gasteiger partial charge in [0.1, 0.15) is 11.3 Å². The summed E-state index contributed by atoms with van der Waals surface area (Å²) in [5, 5.41) is 1.88. The van der Waals surface area contributed by atoms with Gasteiger partial charge in [-0.15, -0.1) is 0 Å². The normalized spacial score (nSPS) is 12.6. The summed E-state index contributed by atoms with van der Waals surface area (Å²) in [5.41, 5.74) is 1.18. The zero-order valence-corrected chi connectivity index (χ0v) is 13.4. The van der Waals surface area contributed by atoms with Gasteiger partial charge < -0.3 is 9.15 Å². The van der Waals surface area contributed by atoms with Crippen LogP contribution >= 0.6 is 15.9 Å². The molecule has 20 heavy (non-hydrogen) atoms. The first kappa shape index (κ1) is 15.1. The predicted molar refractivity (Wildman–Crippen MR) is 84.9 cm³/mol. The zero-order chi connectivity index (χ0) is 14.5. The lowest BCUT2D eigenvalue weighted by Gasteiger charge is -2.14. The maximum absolute atomic E-state index is 11.4. The van der Waals surface area contributed by atoms with Crippen LogP contribution in [0.2, 0.25) is 0 Å². The first-order valence-corrected chi connectivity index (χ1v) is 7.99. The molecule has 0 N–H and O–H groups in total. The number of hydrogen-bond donors (Lipinski definition) is 0. The van der Waals surface area contributed by atoms with Crippen LogP contribution in [-0.4, -0.2) is 11.9 Å². The van der Waals surface area contributed by atoms with Crippen molar-refractivity contribution in [1.29, 1.82) is 0 Å². The van der Waals surface area contributed by atoms with Gasteiger partial charge >= 0.3 is 5.63 Å². The summed E-state index contributed by atoms with van der Waals surface area (Å²) in [5.74, 6) is 1.24. The zero-order valence-electron chi connectivity index (χ0n) is 11.8. The van der Waals surface area contributed by atoms with E-state index >= 15 is 0 Å². The van der Waals surface area contributed by atoms with E-state index in [0.717, 1.165) is 34.9 Å². The summed E-state index contributed by atoms with van der Waals surface area (Å²) in [4.78, 5) is 11.4. The van der Waals surface area contributed by atoms with Crippen LogP contribution in [0.1, 0.15) is 25.3 Å². The van der Waals surface area contributed by atoms with E-state index in [4.69, 9.17) is 9.15 Å². The van der Waals surface area contributed by atoms with Gasteiger partial charge in [0, 0.05) is 28.8 Å². The Kier molecular flexibility index (Phi) is 5.24. The lowest BCUT2D eigenvalue weighted by molar-refractivity contribution is 0.255. The van der Waals surface area contributed by atoms with Gasteiger partial charge in [0.15, 0.2) is 0 Å². The molecule has 1 atom stereocenters. The fraction of sp³-hybridized carbons (Fsp3) is 0.438. The van der Waals surface area contributed by atoms with Crippen LogP contribution in [0.25, 0.3) is 11.0 Å². The number of ether oxygens (including phenoxy) is 1. The molecule has 2 rings (SSSR count). The van der Waals surface area contributed by atoms with E-state index in [-0.39, 0.29) is 5.63 Å². The second-order valence-corrected chi connectivity index (χ2v) is 5.67. The van der Waals surface area contributed by atoms with E-state index in [2.05, 4.69) is 22.9 Å². The van der Waals surface area contributed by atoms with Crippen LogP contribution in [0.4, 0.5) is 0 Å². The maximum Gasteiger partial charge on any atom is 0.336 e. The lowest BCUT2D eigenvalue weighted by atomic mass is 10.1. The molecule has 4 heteroatoms. The molecule has 0 spiro atoms. The monoisotopic (exact) mass is 338 g/mol. The summed E-state index contributed by atoms with van der Waals surface area (Å²) in [6.45, 7) is 4.74. The van der Waals surface area contributed by atoms with Crippen molar-refractivity contribution in [3.8, 4) is 5.75 Å². The Morgan fingerprint density at radius 1 is 1.35 bits per heavy atom. The number of halogens is 1. The van der Waals surface area contributed by atoms with Gasteiger partial charge in [0.05, 0.1) is 6.61 Å². The highest BCUT2D eigenvalue weighted by atomic mass is 79.9. The van der Waals surface area contributed by atoms with Crippen LogP contribution in [0.15, 0.2) is 33.5 Å². The Hall–Kier alpha value is -1.29. The van der Waals surface area contributed by atoms with Gasteiger partial charge in [0.2, 0.25) is 0 Å². The molecule has 0 bridgehead atoms. The summed E-state index contributed by atoms with van der Waals surface area (Å²) in [7, 11) is 0. The van der Waals surface area contributed by atoms with Crippen LogP contribution in [0, 0.1) is 12.8 Å². The number of fused-ring (bicyclic) bond motifs is 1. The Morgan fingerprint density at radius 3 is 2.85 bits per heavy atom. The number of benzene rings is 1. The van der Waals surface area contributed by atoms with E-state index in [1.165, 1.54) is 6.07 Å². The van der Waals surface area contributed by atoms with Gasteiger partial charge in [-0.2, -0.15) is 0 Å². The topological polar surface area (TPSA) is 39.4 Å². The van der Waals surface area contributed by atoms with Gasteiger partial charge in [-0.05, 0) is 31.0 Å². The largest absolute Gasteiger partial charge is 0.493 e. The summed E-state index contributed by atoms with van der Waals surface area (Å²) in [6.07, 6.45) is 2.28. The molecule has 1 aromatic heterocycles. The SMILES string of the molecule is CCCC(CBr)COc1ccc2c(C)cc(=O)oc2c1. The Bertz CT molecular complexity index is 633. The quantitative estimate of drug-likeness (QED) is 0.582. The van der Waals surface area contributed by atoms with E-state index in [9.17, 15) is 4.79 Å². The highest BCUT2D eigenvalue weighted by Crippen LogP contribution is 2.23. The molecule has 0 aliphatic rings. The molecule has 3 nitrogen and oxygen atoms in total. The minimum atomic E-state index is -0.323. The Labute approximate surface area is 127 Å². The number of aryl methyl sites for hydroxylation is 1. The summed E-state index contributed by atoms with van der Waals surface area (Å²) >= 11 is 3.51. The first-order chi connectivity index (χ1) is 9.63. The standard InChI is InChI=1S/C16H19BrO3/c1-3-4-12(9-17)10-19-13-5-6-14-11(2)7-16(18)20-15(14)8-13/h5-8,12H,3-4,9-10H2,1-2H3. The van der Waals surface area contributed by atoms with E-state index in [1.807, 2.05) is 19.1 Å². The molecule has 108 valence electrons. The van der Waals surface area contributed by atoms with Crippen molar-refractivity contribution in [3.05, 3.63) is 40.2 Å². The third kappa shape index (κ3) is 3.63. The predicted octanol–water partition coefficient (Wildman–Crippen LogP) is 4.29. The molecule has 0 radical (unpaired) electrons. The van der Waals surface area contributed by atoms with Crippen molar-refractivity contribution in [2.24, 2.45) is 5.92 Å². The molecule has 0 amide bonds. The number of hydrogen-bond acceptors (Lipinski definition) is 3. The fourth-order valence-electron chi connectivity index (χ4n) is 2.22. The van der Waals surface area contributed by atoms with Gasteiger partial charge in [-0.3, -0.25) is 0 Å². The number of rotatable bonds is 6. The van der Waals surface area contributed by atoms with Crippen molar-refractivity contribution in [2.45, 2.75) is 26.7 Å². The van der Waals surface area contributed by atoms with Gasteiger partial charge in [0.25, 0.3) is 0 Å². The third-order valence-electron chi connectivity index (χ3n) is 3.32. The van der Waals surface area contributed by atoms with E-state index in [0.29, 0.717) is 18.1 Å². The average molecular weight is 339 g/mol. The van der Waals surface area contributed by atoms with Crippen molar-refractivity contribution >= 4 is 26.9 Å². The third-order valence-corrected chi connectivity index (χ3v) is 4.24. The average Bonchev–Trinajstić information content (AvgIpc) is 2.42. The number of alkyl halides is 1. The molecule has 1 unspecified atom stereocenters. The summed E-state index contributed by atoms with van der Waals surface area (Å²) < 4.78 is 11.0. The summed E-state index contributed by atoms with van der Waals surface area (Å²) in [6, 6.07) is 7.16. The minimum absolute atomic E-state index is 0.323. The molecule has 1 heterocycles. The van der Waals surface area contributed by atoms with Crippen molar-refractivity contribution < 1.29 is 9.15 Å². The van der Waals surface area contributed by atoms with Crippen LogP contribution in [0.3, 0.4) is 0 Å². The van der Waals surface area contributed by atoms with Crippen molar-refractivity contribution in [2.75, 3.05) is 11.9 Å². The van der Waals surface area contributed by atoms with E-state index in [1.54, 1.807) is 6.07 Å².